The fraction of sp³-hybridized carbons (Fsp3) is 0.200. The van der Waals surface area contributed by atoms with Gasteiger partial charge in [-0.25, -0.2) is 4.79 Å². The first-order chi connectivity index (χ1) is 6.75. The lowest BCUT2D eigenvalue weighted by Gasteiger charge is -1.98. The summed E-state index contributed by atoms with van der Waals surface area (Å²) < 4.78 is 4.91. The minimum absolute atomic E-state index is 0.245. The van der Waals surface area contributed by atoms with Gasteiger partial charge in [0.1, 0.15) is 5.70 Å². The third-order valence-electron chi connectivity index (χ3n) is 1.86. The maximum atomic E-state index is 11.2. The number of pyridine rings is 1. The fourth-order valence-corrected chi connectivity index (χ4v) is 1.26. The summed E-state index contributed by atoms with van der Waals surface area (Å²) in [6, 6.07) is 3.69. The summed E-state index contributed by atoms with van der Waals surface area (Å²) >= 11 is 0. The van der Waals surface area contributed by atoms with E-state index < -0.39 is 0 Å². The summed E-state index contributed by atoms with van der Waals surface area (Å²) in [5.41, 5.74) is 1.35. The highest BCUT2D eigenvalue weighted by Gasteiger charge is 2.23. The first-order valence-corrected chi connectivity index (χ1v) is 4.35. The zero-order valence-electron chi connectivity index (χ0n) is 7.73. The van der Waals surface area contributed by atoms with Gasteiger partial charge in [-0.05, 0) is 24.6 Å². The van der Waals surface area contributed by atoms with Gasteiger partial charge in [0.05, 0.1) is 0 Å². The molecular formula is C10H10N2O2. The smallest absolute Gasteiger partial charge is 0.356 e. The molecule has 0 radical (unpaired) electrons. The summed E-state index contributed by atoms with van der Waals surface area (Å²) in [7, 11) is 0. The van der Waals surface area contributed by atoms with Gasteiger partial charge >= 0.3 is 5.97 Å². The molecule has 0 amide bonds. The first-order valence-electron chi connectivity index (χ1n) is 4.35. The normalized spacial score (nSPS) is 23.4. The predicted octanol–water partition coefficient (Wildman–Crippen LogP) is 0.915. The Morgan fingerprint density at radius 1 is 1.64 bits per heavy atom. The van der Waals surface area contributed by atoms with Crippen LogP contribution in [0.15, 0.2) is 30.2 Å². The number of hydrogen-bond donors (Lipinski definition) is 1. The molecule has 1 unspecified atom stereocenters. The van der Waals surface area contributed by atoms with Crippen molar-refractivity contribution in [2.24, 2.45) is 0 Å². The number of nitrogens with zero attached hydrogens (tertiary/aromatic N) is 1. The molecule has 1 aromatic rings. The number of cyclic esters (lactones) is 1. The van der Waals surface area contributed by atoms with Crippen molar-refractivity contribution < 1.29 is 9.53 Å². The molecule has 2 heterocycles. The van der Waals surface area contributed by atoms with Crippen molar-refractivity contribution >= 4 is 12.0 Å². The van der Waals surface area contributed by atoms with E-state index in [-0.39, 0.29) is 12.2 Å². The van der Waals surface area contributed by atoms with Crippen molar-refractivity contribution in [1.29, 1.82) is 0 Å². The van der Waals surface area contributed by atoms with E-state index in [0.29, 0.717) is 5.70 Å². The maximum absolute atomic E-state index is 11.2. The highest BCUT2D eigenvalue weighted by molar-refractivity contribution is 5.94. The minimum atomic E-state index is -0.318. The van der Waals surface area contributed by atoms with Gasteiger partial charge in [0.15, 0.2) is 6.23 Å². The zero-order chi connectivity index (χ0) is 9.97. The molecule has 1 aliphatic heterocycles. The average molecular weight is 190 g/mol. The molecule has 0 aliphatic carbocycles. The van der Waals surface area contributed by atoms with E-state index in [1.807, 2.05) is 12.1 Å². The van der Waals surface area contributed by atoms with Gasteiger partial charge < -0.3 is 10.1 Å². The topological polar surface area (TPSA) is 51.2 Å². The summed E-state index contributed by atoms with van der Waals surface area (Å²) in [4.78, 5) is 15.2. The zero-order valence-corrected chi connectivity index (χ0v) is 7.73. The molecule has 0 saturated carbocycles. The number of ether oxygens (including phenoxy) is 1. The highest BCUT2D eigenvalue weighted by Crippen LogP contribution is 2.11. The molecule has 1 aliphatic rings. The van der Waals surface area contributed by atoms with Crippen molar-refractivity contribution in [1.82, 2.24) is 10.3 Å². The number of carbonyl (C=O) groups excluding carboxylic acids is 1. The molecule has 72 valence electrons. The van der Waals surface area contributed by atoms with Crippen molar-refractivity contribution in [2.45, 2.75) is 13.2 Å². The summed E-state index contributed by atoms with van der Waals surface area (Å²) in [6.45, 7) is 1.78. The molecular weight excluding hydrogens is 180 g/mol. The second kappa shape index (κ2) is 3.49. The van der Waals surface area contributed by atoms with Crippen LogP contribution in [0.3, 0.4) is 0 Å². The second-order valence-corrected chi connectivity index (χ2v) is 3.04. The Kier molecular flexibility index (Phi) is 2.18. The van der Waals surface area contributed by atoms with Crippen LogP contribution in [0.4, 0.5) is 0 Å². The molecule has 14 heavy (non-hydrogen) atoms. The Morgan fingerprint density at radius 3 is 3.07 bits per heavy atom. The van der Waals surface area contributed by atoms with Gasteiger partial charge in [-0.1, -0.05) is 6.07 Å². The summed E-state index contributed by atoms with van der Waals surface area (Å²) in [5, 5.41) is 2.91. The Bertz CT molecular complexity index is 373. The Morgan fingerprint density at radius 2 is 2.50 bits per heavy atom. The van der Waals surface area contributed by atoms with Crippen LogP contribution < -0.4 is 5.32 Å². The van der Waals surface area contributed by atoms with Crippen LogP contribution in [0, 0.1) is 0 Å². The summed E-state index contributed by atoms with van der Waals surface area (Å²) in [5.74, 6) is -0.318. The molecule has 1 atom stereocenters. The van der Waals surface area contributed by atoms with Gasteiger partial charge in [0.25, 0.3) is 0 Å². The Hall–Kier alpha value is -1.84. The molecule has 0 spiro atoms. The minimum Gasteiger partial charge on any atom is -0.437 e. The van der Waals surface area contributed by atoms with Gasteiger partial charge in [-0.15, -0.1) is 0 Å². The maximum Gasteiger partial charge on any atom is 0.356 e. The van der Waals surface area contributed by atoms with Gasteiger partial charge in [-0.2, -0.15) is 0 Å². The van der Waals surface area contributed by atoms with E-state index in [0.717, 1.165) is 5.56 Å². The van der Waals surface area contributed by atoms with Crippen molar-refractivity contribution in [3.05, 3.63) is 35.8 Å². The van der Waals surface area contributed by atoms with E-state index in [1.165, 1.54) is 0 Å². The van der Waals surface area contributed by atoms with Crippen LogP contribution >= 0.6 is 0 Å². The quantitative estimate of drug-likeness (QED) is 0.528. The van der Waals surface area contributed by atoms with E-state index in [4.69, 9.17) is 4.74 Å². The van der Waals surface area contributed by atoms with E-state index in [9.17, 15) is 4.79 Å². The van der Waals surface area contributed by atoms with Crippen LogP contribution in [0.25, 0.3) is 6.08 Å². The number of carbonyl (C=O) groups is 1. The molecule has 0 aromatic carbocycles. The molecule has 2 rings (SSSR count). The highest BCUT2D eigenvalue weighted by atomic mass is 16.6. The Labute approximate surface area is 81.6 Å². The number of esters is 1. The molecule has 1 fully saturated rings. The third-order valence-corrected chi connectivity index (χ3v) is 1.86. The third kappa shape index (κ3) is 1.74. The van der Waals surface area contributed by atoms with Crippen LogP contribution in [0.1, 0.15) is 12.5 Å². The second-order valence-electron chi connectivity index (χ2n) is 3.04. The van der Waals surface area contributed by atoms with E-state index in [2.05, 4.69) is 10.3 Å². The molecule has 1 saturated heterocycles. The Balaban J connectivity index is 2.23. The largest absolute Gasteiger partial charge is 0.437 e. The van der Waals surface area contributed by atoms with Crippen molar-refractivity contribution in [3.63, 3.8) is 0 Å². The van der Waals surface area contributed by atoms with Gasteiger partial charge in [-0.3, -0.25) is 4.98 Å². The number of hydrogen-bond acceptors (Lipinski definition) is 4. The van der Waals surface area contributed by atoms with E-state index in [1.54, 1.807) is 25.4 Å². The standard InChI is InChI=1S/C10H10N2O2/c1-7-12-9(10(13)14-7)5-8-3-2-4-11-6-8/h2-7,12H,1H3/b9-5+. The van der Waals surface area contributed by atoms with Crippen molar-refractivity contribution in [2.75, 3.05) is 0 Å². The first kappa shape index (κ1) is 8.74. The predicted molar refractivity (Wildman–Crippen MR) is 50.9 cm³/mol. The lowest BCUT2D eigenvalue weighted by atomic mass is 10.2. The fourth-order valence-electron chi connectivity index (χ4n) is 1.26. The molecule has 4 heteroatoms. The number of aromatic nitrogens is 1. The SMILES string of the molecule is CC1N/C(=C/c2cccnc2)C(=O)O1. The average Bonchev–Trinajstić information content (AvgIpc) is 2.47. The lowest BCUT2D eigenvalue weighted by molar-refractivity contribution is -0.138. The molecule has 1 N–H and O–H groups in total. The van der Waals surface area contributed by atoms with Crippen LogP contribution in [0.2, 0.25) is 0 Å². The summed E-state index contributed by atoms with van der Waals surface area (Å²) in [6.07, 6.45) is 4.85. The molecule has 1 aromatic heterocycles. The molecule has 0 bridgehead atoms. The molecule has 4 nitrogen and oxygen atoms in total. The monoisotopic (exact) mass is 190 g/mol. The van der Waals surface area contributed by atoms with Crippen LogP contribution in [-0.2, 0) is 9.53 Å². The van der Waals surface area contributed by atoms with Gasteiger partial charge in [0, 0.05) is 12.4 Å². The van der Waals surface area contributed by atoms with E-state index >= 15 is 0 Å². The van der Waals surface area contributed by atoms with Crippen LogP contribution in [-0.4, -0.2) is 17.2 Å². The van der Waals surface area contributed by atoms with Crippen molar-refractivity contribution in [3.8, 4) is 0 Å². The lowest BCUT2D eigenvalue weighted by Crippen LogP contribution is -2.16. The van der Waals surface area contributed by atoms with Crippen LogP contribution in [0.5, 0.6) is 0 Å². The number of rotatable bonds is 1. The van der Waals surface area contributed by atoms with Gasteiger partial charge in [0.2, 0.25) is 0 Å². The number of nitrogens with one attached hydrogen (secondary N) is 1.